The van der Waals surface area contributed by atoms with Crippen LogP contribution < -0.4 is 0 Å². The number of para-hydroxylation sites is 1. The Labute approximate surface area is 131 Å². The molecule has 2 aromatic rings. The minimum Gasteiger partial charge on any atom is -0.385 e. The molecule has 0 bridgehead atoms. The number of fused-ring (bicyclic) bond motifs is 1. The van der Waals surface area contributed by atoms with Gasteiger partial charge in [0.1, 0.15) is 11.1 Å². The highest BCUT2D eigenvalue weighted by Gasteiger charge is 2.49. The minimum absolute atomic E-state index is 0.433. The zero-order valence-electron chi connectivity index (χ0n) is 13.6. The lowest BCUT2D eigenvalue weighted by Gasteiger charge is -2.42. The smallest absolute Gasteiger partial charge is 0.210 e. The Morgan fingerprint density at radius 3 is 2.73 bits per heavy atom. The van der Waals surface area contributed by atoms with Gasteiger partial charge in [0.15, 0.2) is 0 Å². The molecule has 0 aliphatic carbocycles. The van der Waals surface area contributed by atoms with Crippen LogP contribution >= 0.6 is 0 Å². The van der Waals surface area contributed by atoms with Gasteiger partial charge in [-0.1, -0.05) is 43.7 Å². The normalized spacial score (nSPS) is 17.1. The largest absolute Gasteiger partial charge is 0.385 e. The Kier molecular flexibility index (Phi) is 4.98. The summed E-state index contributed by atoms with van der Waals surface area (Å²) in [4.78, 5) is 0. The van der Waals surface area contributed by atoms with Gasteiger partial charge >= 0.3 is 0 Å². The van der Waals surface area contributed by atoms with E-state index < -0.39 is 11.3 Å². The van der Waals surface area contributed by atoms with Crippen molar-refractivity contribution in [3.63, 3.8) is 0 Å². The molecule has 1 aromatic carbocycles. The van der Waals surface area contributed by atoms with Gasteiger partial charge < -0.3 is 9.84 Å². The van der Waals surface area contributed by atoms with Gasteiger partial charge in [-0.15, -0.1) is 5.10 Å². The number of nitrogens with zero attached hydrogens (tertiary/aromatic N) is 3. The summed E-state index contributed by atoms with van der Waals surface area (Å²) in [6, 6.07) is 7.64. The van der Waals surface area contributed by atoms with Crippen LogP contribution in [0.15, 0.2) is 36.9 Å². The number of aromatic nitrogens is 3. The van der Waals surface area contributed by atoms with Gasteiger partial charge in [-0.25, -0.2) is 4.68 Å². The van der Waals surface area contributed by atoms with Gasteiger partial charge in [0.25, 0.3) is 0 Å². The number of unbranched alkanes of at least 4 members (excludes halogenated alkanes) is 1. The van der Waals surface area contributed by atoms with Crippen molar-refractivity contribution in [2.75, 3.05) is 6.61 Å². The van der Waals surface area contributed by atoms with E-state index in [1.54, 1.807) is 17.7 Å². The van der Waals surface area contributed by atoms with Crippen LogP contribution in [0.3, 0.4) is 0 Å². The Balaban J connectivity index is 2.60. The molecule has 2 unspecified atom stereocenters. The van der Waals surface area contributed by atoms with Gasteiger partial charge in [-0.05, 0) is 38.5 Å². The summed E-state index contributed by atoms with van der Waals surface area (Å²) in [7, 11) is 0. The van der Waals surface area contributed by atoms with Gasteiger partial charge in [-0.2, -0.15) is 0 Å². The molecule has 1 aromatic heterocycles. The van der Waals surface area contributed by atoms with E-state index in [0.717, 1.165) is 23.9 Å². The Morgan fingerprint density at radius 2 is 2.09 bits per heavy atom. The molecule has 0 saturated heterocycles. The van der Waals surface area contributed by atoms with Crippen molar-refractivity contribution >= 4 is 11.0 Å². The minimum atomic E-state index is -1.15. The molecule has 22 heavy (non-hydrogen) atoms. The van der Waals surface area contributed by atoms with Crippen LogP contribution in [0.4, 0.5) is 0 Å². The first-order chi connectivity index (χ1) is 10.5. The summed E-state index contributed by atoms with van der Waals surface area (Å²) in [5, 5.41) is 19.6. The first kappa shape index (κ1) is 16.6. The van der Waals surface area contributed by atoms with Crippen LogP contribution in [-0.2, 0) is 10.5 Å². The second kappa shape index (κ2) is 6.58. The third-order valence-corrected chi connectivity index (χ3v) is 4.10. The molecule has 1 N–H and O–H groups in total. The number of hydrogen-bond acceptors (Lipinski definition) is 4. The first-order valence-corrected chi connectivity index (χ1v) is 7.83. The number of aliphatic hydroxyl groups is 1. The summed E-state index contributed by atoms with van der Waals surface area (Å²) in [6.45, 7) is 10.1. The maximum atomic E-state index is 11.1. The monoisotopic (exact) mass is 303 g/mol. The van der Waals surface area contributed by atoms with E-state index in [2.05, 4.69) is 23.8 Å². The molecular formula is C17H25N3O2. The van der Waals surface area contributed by atoms with Crippen molar-refractivity contribution in [3.05, 3.63) is 36.9 Å². The highest BCUT2D eigenvalue weighted by molar-refractivity contribution is 5.74. The lowest BCUT2D eigenvalue weighted by atomic mass is 9.86. The molecule has 5 nitrogen and oxygen atoms in total. The van der Waals surface area contributed by atoms with Crippen LogP contribution in [0, 0.1) is 0 Å². The summed E-state index contributed by atoms with van der Waals surface area (Å²) in [6.07, 6.45) is 4.10. The molecular weight excluding hydrogens is 278 g/mol. The molecule has 0 amide bonds. The van der Waals surface area contributed by atoms with Gasteiger partial charge in [0.2, 0.25) is 5.72 Å². The molecule has 0 aliphatic heterocycles. The molecule has 0 aliphatic rings. The van der Waals surface area contributed by atoms with Crippen molar-refractivity contribution in [2.24, 2.45) is 0 Å². The van der Waals surface area contributed by atoms with E-state index in [4.69, 9.17) is 4.74 Å². The van der Waals surface area contributed by atoms with Crippen LogP contribution in [0.1, 0.15) is 40.0 Å². The fraction of sp³-hybridized carbons (Fsp3) is 0.529. The maximum Gasteiger partial charge on any atom is 0.210 e. The zero-order valence-corrected chi connectivity index (χ0v) is 13.6. The fourth-order valence-electron chi connectivity index (χ4n) is 2.84. The molecule has 120 valence electrons. The predicted octanol–water partition coefficient (Wildman–Crippen LogP) is 3.25. The fourth-order valence-corrected chi connectivity index (χ4v) is 2.84. The first-order valence-electron chi connectivity index (χ1n) is 7.83. The molecule has 2 rings (SSSR count). The SMILES string of the molecule is C=CC(OCC)(n1nnc2ccccc21)C(C)(O)CCCC. The average Bonchev–Trinajstić information content (AvgIpc) is 2.95. The molecule has 0 fully saturated rings. The lowest BCUT2D eigenvalue weighted by Crippen LogP contribution is -2.55. The summed E-state index contributed by atoms with van der Waals surface area (Å²) >= 11 is 0. The van der Waals surface area contributed by atoms with E-state index in [9.17, 15) is 5.11 Å². The maximum absolute atomic E-state index is 11.1. The summed E-state index contributed by atoms with van der Waals surface area (Å²) < 4.78 is 7.63. The van der Waals surface area contributed by atoms with Crippen LogP contribution in [-0.4, -0.2) is 32.3 Å². The second-order valence-corrected chi connectivity index (χ2v) is 5.70. The standard InChI is InChI=1S/C17H25N3O2/c1-5-8-13-16(4,21)17(6-2,22-7-3)20-15-12-10-9-11-14(15)18-19-20/h6,9-12,21H,2,5,7-8,13H2,1,3-4H3. The van der Waals surface area contributed by atoms with E-state index in [0.29, 0.717) is 13.0 Å². The van der Waals surface area contributed by atoms with E-state index >= 15 is 0 Å². The van der Waals surface area contributed by atoms with Gasteiger partial charge in [0.05, 0.1) is 5.52 Å². The molecule has 0 radical (unpaired) electrons. The molecule has 0 spiro atoms. The third-order valence-electron chi connectivity index (χ3n) is 4.10. The molecule has 5 heteroatoms. The van der Waals surface area contributed by atoms with E-state index in [1.807, 2.05) is 31.2 Å². The molecule has 2 atom stereocenters. The van der Waals surface area contributed by atoms with Crippen LogP contribution in [0.2, 0.25) is 0 Å². The number of rotatable bonds is 8. The average molecular weight is 303 g/mol. The number of hydrogen-bond donors (Lipinski definition) is 1. The van der Waals surface area contributed by atoms with Crippen molar-refractivity contribution in [1.29, 1.82) is 0 Å². The molecule has 1 heterocycles. The second-order valence-electron chi connectivity index (χ2n) is 5.70. The summed E-state index contributed by atoms with van der Waals surface area (Å²) in [5.74, 6) is 0. The Bertz CT molecular complexity index is 636. The van der Waals surface area contributed by atoms with Crippen molar-refractivity contribution < 1.29 is 9.84 Å². The van der Waals surface area contributed by atoms with Crippen molar-refractivity contribution in [2.45, 2.75) is 51.4 Å². The van der Waals surface area contributed by atoms with E-state index in [1.165, 1.54) is 0 Å². The van der Waals surface area contributed by atoms with Crippen LogP contribution in [0.25, 0.3) is 11.0 Å². The number of benzene rings is 1. The third kappa shape index (κ3) is 2.66. The quantitative estimate of drug-likeness (QED) is 0.760. The Morgan fingerprint density at radius 1 is 1.36 bits per heavy atom. The van der Waals surface area contributed by atoms with Crippen molar-refractivity contribution in [1.82, 2.24) is 15.0 Å². The van der Waals surface area contributed by atoms with Gasteiger partial charge in [-0.3, -0.25) is 0 Å². The van der Waals surface area contributed by atoms with Gasteiger partial charge in [0, 0.05) is 6.61 Å². The number of ether oxygens (including phenoxy) is 1. The van der Waals surface area contributed by atoms with Crippen molar-refractivity contribution in [3.8, 4) is 0 Å². The predicted molar refractivity (Wildman–Crippen MR) is 87.5 cm³/mol. The topological polar surface area (TPSA) is 60.2 Å². The lowest BCUT2D eigenvalue weighted by molar-refractivity contribution is -0.201. The molecule has 0 saturated carbocycles. The van der Waals surface area contributed by atoms with Crippen LogP contribution in [0.5, 0.6) is 0 Å². The van der Waals surface area contributed by atoms with E-state index in [-0.39, 0.29) is 0 Å². The Hall–Kier alpha value is -1.72. The highest BCUT2D eigenvalue weighted by atomic mass is 16.5. The highest BCUT2D eigenvalue weighted by Crippen LogP contribution is 2.38. The zero-order chi connectivity index (χ0) is 16.2. The summed E-state index contributed by atoms with van der Waals surface area (Å²) in [5.41, 5.74) is -0.711.